The molecule has 1 aromatic rings. The van der Waals surface area contributed by atoms with E-state index in [-0.39, 0.29) is 17.6 Å². The molecule has 2 fully saturated rings. The van der Waals surface area contributed by atoms with Crippen LogP contribution in [-0.4, -0.2) is 44.9 Å². The number of sulfonamides is 1. The summed E-state index contributed by atoms with van der Waals surface area (Å²) in [5, 5.41) is 3.03. The van der Waals surface area contributed by atoms with Crippen LogP contribution >= 0.6 is 0 Å². The number of benzene rings is 1. The number of hydrogen-bond acceptors (Lipinski definition) is 4. The molecule has 0 atom stereocenters. The molecule has 1 aliphatic heterocycles. The summed E-state index contributed by atoms with van der Waals surface area (Å²) in [4.78, 5) is 12.5. The summed E-state index contributed by atoms with van der Waals surface area (Å²) in [6, 6.07) is 7.47. The number of carbonyl (C=O) groups is 1. The average Bonchev–Trinajstić information content (AvgIpc) is 2.97. The largest absolute Gasteiger partial charge is 0.379 e. The highest BCUT2D eigenvalue weighted by molar-refractivity contribution is 7.88. The van der Waals surface area contributed by atoms with E-state index >= 15 is 0 Å². The number of nitrogens with zero attached hydrogens (tertiary/aromatic N) is 1. The first-order valence-corrected chi connectivity index (χ1v) is 11.6. The first kappa shape index (κ1) is 20.3. The van der Waals surface area contributed by atoms with Crippen molar-refractivity contribution in [1.29, 1.82) is 0 Å². The zero-order valence-electron chi connectivity index (χ0n) is 15.9. The van der Waals surface area contributed by atoms with E-state index in [2.05, 4.69) is 5.32 Å². The van der Waals surface area contributed by atoms with E-state index < -0.39 is 10.0 Å². The van der Waals surface area contributed by atoms with Crippen molar-refractivity contribution in [3.63, 3.8) is 0 Å². The highest BCUT2D eigenvalue weighted by Crippen LogP contribution is 2.23. The van der Waals surface area contributed by atoms with Gasteiger partial charge in [-0.3, -0.25) is 4.79 Å². The normalized spacial score (nSPS) is 20.1. The fourth-order valence-corrected chi connectivity index (χ4v) is 5.41. The summed E-state index contributed by atoms with van der Waals surface area (Å²) in [6.07, 6.45) is 6.58. The smallest absolute Gasteiger partial charge is 0.223 e. The Morgan fingerprint density at radius 2 is 1.67 bits per heavy atom. The van der Waals surface area contributed by atoms with Gasteiger partial charge >= 0.3 is 0 Å². The quantitative estimate of drug-likeness (QED) is 0.752. The molecule has 0 radical (unpaired) electrons. The van der Waals surface area contributed by atoms with Gasteiger partial charge in [0.05, 0.1) is 19.0 Å². The molecule has 0 unspecified atom stereocenters. The zero-order valence-corrected chi connectivity index (χ0v) is 16.7. The molecule has 6 nitrogen and oxygen atoms in total. The second kappa shape index (κ2) is 9.66. The lowest BCUT2D eigenvalue weighted by atomic mass is 9.99. The summed E-state index contributed by atoms with van der Waals surface area (Å²) in [5.41, 5.74) is 1.63. The molecule has 0 spiro atoms. The third-order valence-electron chi connectivity index (χ3n) is 5.50. The standard InChI is InChI=1S/C20H30N2O4S/c23-20(17-7-3-1-2-4-8-17)21-15-18-9-5-6-10-19(18)16-27(24,25)22-11-13-26-14-12-22/h5-6,9-10,17H,1-4,7-8,11-16H2,(H,21,23). The van der Waals surface area contributed by atoms with Crippen molar-refractivity contribution >= 4 is 15.9 Å². The summed E-state index contributed by atoms with van der Waals surface area (Å²) in [5.74, 6) is 0.155. The number of amides is 1. The van der Waals surface area contributed by atoms with E-state index in [1.807, 2.05) is 24.3 Å². The van der Waals surface area contributed by atoms with Crippen molar-refractivity contribution in [2.75, 3.05) is 26.3 Å². The highest BCUT2D eigenvalue weighted by Gasteiger charge is 2.26. The van der Waals surface area contributed by atoms with Gasteiger partial charge < -0.3 is 10.1 Å². The van der Waals surface area contributed by atoms with Crippen LogP contribution in [0.25, 0.3) is 0 Å². The van der Waals surface area contributed by atoms with E-state index in [1.54, 1.807) is 0 Å². The van der Waals surface area contributed by atoms with Crippen molar-refractivity contribution in [3.8, 4) is 0 Å². The molecule has 1 heterocycles. The molecule has 2 aliphatic rings. The maximum atomic E-state index is 12.7. The SMILES string of the molecule is O=C(NCc1ccccc1CS(=O)(=O)N1CCOCC1)C1CCCCCC1. The molecule has 1 amide bonds. The summed E-state index contributed by atoms with van der Waals surface area (Å²) in [6.45, 7) is 2.08. The van der Waals surface area contributed by atoms with Crippen molar-refractivity contribution in [2.45, 2.75) is 50.8 Å². The van der Waals surface area contributed by atoms with Gasteiger partial charge in [-0.1, -0.05) is 49.9 Å². The fourth-order valence-electron chi connectivity index (χ4n) is 3.85. The van der Waals surface area contributed by atoms with Gasteiger partial charge in [-0.25, -0.2) is 8.42 Å². The molecule has 3 rings (SSSR count). The van der Waals surface area contributed by atoms with Gasteiger partial charge in [-0.15, -0.1) is 0 Å². The van der Waals surface area contributed by atoms with Gasteiger partial charge in [-0.2, -0.15) is 4.31 Å². The van der Waals surface area contributed by atoms with Gasteiger partial charge in [0, 0.05) is 25.6 Å². The van der Waals surface area contributed by atoms with Gasteiger partial charge in [-0.05, 0) is 24.0 Å². The monoisotopic (exact) mass is 394 g/mol. The van der Waals surface area contributed by atoms with E-state index in [4.69, 9.17) is 4.74 Å². The Bertz CT molecular complexity index is 721. The minimum absolute atomic E-state index is 0.0392. The van der Waals surface area contributed by atoms with Crippen LogP contribution < -0.4 is 5.32 Å². The number of morpholine rings is 1. The molecule has 1 saturated carbocycles. The minimum Gasteiger partial charge on any atom is -0.379 e. The molecule has 1 N–H and O–H groups in total. The second-order valence-electron chi connectivity index (χ2n) is 7.44. The number of carbonyl (C=O) groups excluding carboxylic acids is 1. The van der Waals surface area contributed by atoms with Crippen molar-refractivity contribution in [2.24, 2.45) is 5.92 Å². The first-order valence-electron chi connectivity index (χ1n) is 9.96. The van der Waals surface area contributed by atoms with Crippen molar-refractivity contribution in [3.05, 3.63) is 35.4 Å². The van der Waals surface area contributed by atoms with Crippen LogP contribution in [0.1, 0.15) is 49.7 Å². The van der Waals surface area contributed by atoms with Crippen molar-refractivity contribution in [1.82, 2.24) is 9.62 Å². The van der Waals surface area contributed by atoms with E-state index in [0.29, 0.717) is 32.8 Å². The second-order valence-corrected chi connectivity index (χ2v) is 9.41. The van der Waals surface area contributed by atoms with Gasteiger partial charge in [0.25, 0.3) is 0 Å². The van der Waals surface area contributed by atoms with Crippen LogP contribution in [0.2, 0.25) is 0 Å². The Kier molecular flexibility index (Phi) is 7.26. The lowest BCUT2D eigenvalue weighted by molar-refractivity contribution is -0.125. The molecule has 1 aromatic carbocycles. The Labute approximate surface area is 162 Å². The molecule has 27 heavy (non-hydrogen) atoms. The van der Waals surface area contributed by atoms with Crippen LogP contribution in [0.3, 0.4) is 0 Å². The Hall–Kier alpha value is -1.44. The predicted molar refractivity (Wildman–Crippen MR) is 104 cm³/mol. The summed E-state index contributed by atoms with van der Waals surface area (Å²) >= 11 is 0. The maximum absolute atomic E-state index is 12.7. The van der Waals surface area contributed by atoms with Crippen molar-refractivity contribution < 1.29 is 17.9 Å². The van der Waals surface area contributed by atoms with E-state index in [1.165, 1.54) is 17.1 Å². The Balaban J connectivity index is 1.62. The third kappa shape index (κ3) is 5.77. The highest BCUT2D eigenvalue weighted by atomic mass is 32.2. The number of rotatable bonds is 6. The average molecular weight is 395 g/mol. The molecule has 1 aliphatic carbocycles. The molecule has 1 saturated heterocycles. The zero-order chi connectivity index (χ0) is 19.1. The van der Waals surface area contributed by atoms with E-state index in [9.17, 15) is 13.2 Å². The molecule has 150 valence electrons. The lowest BCUT2D eigenvalue weighted by Crippen LogP contribution is -2.41. The Morgan fingerprint density at radius 3 is 2.33 bits per heavy atom. The topological polar surface area (TPSA) is 75.7 Å². The molecule has 0 bridgehead atoms. The molecule has 0 aromatic heterocycles. The van der Waals surface area contributed by atoms with Crippen LogP contribution in [0, 0.1) is 5.92 Å². The fraction of sp³-hybridized carbons (Fsp3) is 0.650. The number of nitrogens with one attached hydrogen (secondary N) is 1. The molecule has 7 heteroatoms. The van der Waals surface area contributed by atoms with E-state index in [0.717, 1.165) is 36.8 Å². The number of hydrogen-bond donors (Lipinski definition) is 1. The Morgan fingerprint density at radius 1 is 1.04 bits per heavy atom. The van der Waals surface area contributed by atoms with Crippen LogP contribution in [-0.2, 0) is 31.9 Å². The van der Waals surface area contributed by atoms with Gasteiger partial charge in [0.2, 0.25) is 15.9 Å². The minimum atomic E-state index is -3.38. The van der Waals surface area contributed by atoms with Crippen LogP contribution in [0.5, 0.6) is 0 Å². The summed E-state index contributed by atoms with van der Waals surface area (Å²) < 4.78 is 32.2. The maximum Gasteiger partial charge on any atom is 0.223 e. The van der Waals surface area contributed by atoms with Gasteiger partial charge in [0.1, 0.15) is 0 Å². The van der Waals surface area contributed by atoms with Crippen LogP contribution in [0.15, 0.2) is 24.3 Å². The molecular weight excluding hydrogens is 364 g/mol. The number of ether oxygens (including phenoxy) is 1. The van der Waals surface area contributed by atoms with Crippen LogP contribution in [0.4, 0.5) is 0 Å². The predicted octanol–water partition coefficient (Wildman–Crippen LogP) is 2.44. The lowest BCUT2D eigenvalue weighted by Gasteiger charge is -2.26. The summed E-state index contributed by atoms with van der Waals surface area (Å²) in [7, 11) is -3.38. The first-order chi connectivity index (χ1) is 13.1. The van der Waals surface area contributed by atoms with Gasteiger partial charge in [0.15, 0.2) is 0 Å². The third-order valence-corrected chi connectivity index (χ3v) is 7.33. The molecular formula is C20H30N2O4S.